The van der Waals surface area contributed by atoms with Gasteiger partial charge in [-0.25, -0.2) is 0 Å². The molecule has 1 atom stereocenters. The van der Waals surface area contributed by atoms with E-state index in [4.69, 9.17) is 0 Å². The fourth-order valence-corrected chi connectivity index (χ4v) is 2.31. The van der Waals surface area contributed by atoms with Gasteiger partial charge in [0.25, 0.3) is 0 Å². The number of carbonyl (C=O) groups excluding carboxylic acids is 1. The van der Waals surface area contributed by atoms with Crippen LogP contribution >= 0.6 is 0 Å². The molecule has 0 bridgehead atoms. The average Bonchev–Trinajstić information content (AvgIpc) is 2.40. The maximum absolute atomic E-state index is 12.8. The van der Waals surface area contributed by atoms with Gasteiger partial charge in [-0.2, -0.15) is 13.2 Å². The fourth-order valence-electron chi connectivity index (χ4n) is 2.31. The molecule has 1 aromatic rings. The monoisotopic (exact) mass is 286 g/mol. The third kappa shape index (κ3) is 3.50. The fraction of sp³-hybridized carbons (Fsp3) is 0.500. The van der Waals surface area contributed by atoms with Crippen molar-refractivity contribution in [1.29, 1.82) is 0 Å². The molecule has 1 unspecified atom stereocenters. The van der Waals surface area contributed by atoms with Gasteiger partial charge in [0.1, 0.15) is 0 Å². The van der Waals surface area contributed by atoms with Gasteiger partial charge in [0.15, 0.2) is 0 Å². The summed E-state index contributed by atoms with van der Waals surface area (Å²) < 4.78 is 38.4. The topological polar surface area (TPSA) is 41.1 Å². The molecule has 1 amide bonds. The minimum atomic E-state index is -4.41. The van der Waals surface area contributed by atoms with Crippen molar-refractivity contribution in [2.24, 2.45) is 0 Å². The second kappa shape index (κ2) is 5.83. The number of nitrogens with one attached hydrogen (secondary N) is 2. The van der Waals surface area contributed by atoms with E-state index in [1.165, 1.54) is 19.1 Å². The third-order valence-corrected chi connectivity index (χ3v) is 3.44. The molecule has 1 aromatic carbocycles. The molecule has 110 valence electrons. The first-order valence-corrected chi connectivity index (χ1v) is 6.60. The molecule has 0 radical (unpaired) electrons. The van der Waals surface area contributed by atoms with E-state index in [-0.39, 0.29) is 23.2 Å². The molecule has 0 aromatic heterocycles. The highest BCUT2D eigenvalue weighted by Crippen LogP contribution is 2.33. The Kier molecular flexibility index (Phi) is 4.32. The lowest BCUT2D eigenvalue weighted by Gasteiger charge is -2.22. The first-order valence-electron chi connectivity index (χ1n) is 6.60. The van der Waals surface area contributed by atoms with Crippen molar-refractivity contribution in [1.82, 2.24) is 5.32 Å². The SMILES string of the molecule is Cc1ccc(NC(=O)C2CCCCN2)cc1C(F)(F)F. The van der Waals surface area contributed by atoms with Gasteiger partial charge < -0.3 is 10.6 Å². The Hall–Kier alpha value is -1.56. The molecule has 0 aliphatic carbocycles. The second-order valence-electron chi connectivity index (χ2n) is 5.02. The number of hydrogen-bond donors (Lipinski definition) is 2. The van der Waals surface area contributed by atoms with Gasteiger partial charge in [0.05, 0.1) is 11.6 Å². The number of anilines is 1. The summed E-state index contributed by atoms with van der Waals surface area (Å²) in [5, 5.41) is 5.61. The molecule has 1 aliphatic heterocycles. The quantitative estimate of drug-likeness (QED) is 0.877. The van der Waals surface area contributed by atoms with Crippen LogP contribution in [0.4, 0.5) is 18.9 Å². The Morgan fingerprint density at radius 3 is 2.70 bits per heavy atom. The lowest BCUT2D eigenvalue weighted by atomic mass is 10.0. The van der Waals surface area contributed by atoms with Gasteiger partial charge in [-0.1, -0.05) is 12.5 Å². The standard InChI is InChI=1S/C14H17F3N2O/c1-9-5-6-10(8-11(9)14(15,16)17)19-13(20)12-4-2-3-7-18-12/h5-6,8,12,18H,2-4,7H2,1H3,(H,19,20). The summed E-state index contributed by atoms with van der Waals surface area (Å²) in [5.74, 6) is -0.276. The van der Waals surface area contributed by atoms with Crippen molar-refractivity contribution >= 4 is 11.6 Å². The van der Waals surface area contributed by atoms with Crippen LogP contribution in [0.1, 0.15) is 30.4 Å². The van der Waals surface area contributed by atoms with E-state index in [1.807, 2.05) is 0 Å². The first kappa shape index (κ1) is 14.8. The number of hydrogen-bond acceptors (Lipinski definition) is 2. The summed E-state index contributed by atoms with van der Waals surface area (Å²) in [6, 6.07) is 3.52. The second-order valence-corrected chi connectivity index (χ2v) is 5.02. The molecule has 2 rings (SSSR count). The van der Waals surface area contributed by atoms with Gasteiger partial charge in [-0.3, -0.25) is 4.79 Å². The number of carbonyl (C=O) groups is 1. The molecule has 1 heterocycles. The van der Waals surface area contributed by atoms with E-state index in [0.717, 1.165) is 25.5 Å². The molecular weight excluding hydrogens is 269 g/mol. The van der Waals surface area contributed by atoms with E-state index in [0.29, 0.717) is 6.42 Å². The van der Waals surface area contributed by atoms with Gasteiger partial charge in [-0.15, -0.1) is 0 Å². The van der Waals surface area contributed by atoms with Gasteiger partial charge in [0.2, 0.25) is 5.91 Å². The molecule has 1 saturated heterocycles. The van der Waals surface area contributed by atoms with Gasteiger partial charge in [-0.05, 0) is 44.0 Å². The van der Waals surface area contributed by atoms with E-state index < -0.39 is 11.7 Å². The number of alkyl halides is 3. The van der Waals surface area contributed by atoms with Crippen LogP contribution in [0.15, 0.2) is 18.2 Å². The minimum Gasteiger partial charge on any atom is -0.325 e. The predicted octanol–water partition coefficient (Wildman–Crippen LogP) is 3.09. The van der Waals surface area contributed by atoms with Crippen LogP contribution in [-0.2, 0) is 11.0 Å². The first-order chi connectivity index (χ1) is 9.38. The Morgan fingerprint density at radius 1 is 1.35 bits per heavy atom. The molecular formula is C14H17F3N2O. The summed E-state index contributed by atoms with van der Waals surface area (Å²) in [6.45, 7) is 2.16. The zero-order chi connectivity index (χ0) is 14.8. The third-order valence-electron chi connectivity index (χ3n) is 3.44. The maximum atomic E-state index is 12.8. The molecule has 2 N–H and O–H groups in total. The molecule has 1 aliphatic rings. The van der Waals surface area contributed by atoms with Crippen LogP contribution in [0.5, 0.6) is 0 Å². The van der Waals surface area contributed by atoms with E-state index in [2.05, 4.69) is 10.6 Å². The van der Waals surface area contributed by atoms with Gasteiger partial charge in [0, 0.05) is 5.69 Å². The van der Waals surface area contributed by atoms with Crippen molar-refractivity contribution in [3.05, 3.63) is 29.3 Å². The predicted molar refractivity (Wildman–Crippen MR) is 70.5 cm³/mol. The van der Waals surface area contributed by atoms with Crippen LogP contribution in [0.2, 0.25) is 0 Å². The largest absolute Gasteiger partial charge is 0.416 e. The zero-order valence-electron chi connectivity index (χ0n) is 11.2. The lowest BCUT2D eigenvalue weighted by molar-refractivity contribution is -0.138. The zero-order valence-corrected chi connectivity index (χ0v) is 11.2. The van der Waals surface area contributed by atoms with Crippen LogP contribution in [0.3, 0.4) is 0 Å². The van der Waals surface area contributed by atoms with Crippen LogP contribution < -0.4 is 10.6 Å². The maximum Gasteiger partial charge on any atom is 0.416 e. The number of aryl methyl sites for hydroxylation is 1. The summed E-state index contributed by atoms with van der Waals surface area (Å²) in [5.41, 5.74) is -0.390. The van der Waals surface area contributed by atoms with E-state index in [9.17, 15) is 18.0 Å². The molecule has 0 spiro atoms. The molecule has 3 nitrogen and oxygen atoms in total. The Bertz CT molecular complexity index is 494. The van der Waals surface area contributed by atoms with Crippen LogP contribution in [0, 0.1) is 6.92 Å². The molecule has 20 heavy (non-hydrogen) atoms. The number of piperidine rings is 1. The van der Waals surface area contributed by atoms with Gasteiger partial charge >= 0.3 is 6.18 Å². The van der Waals surface area contributed by atoms with Crippen LogP contribution in [-0.4, -0.2) is 18.5 Å². The number of amides is 1. The molecule has 6 heteroatoms. The Morgan fingerprint density at radius 2 is 2.10 bits per heavy atom. The Balaban J connectivity index is 2.11. The van der Waals surface area contributed by atoms with Crippen molar-refractivity contribution < 1.29 is 18.0 Å². The summed E-state index contributed by atoms with van der Waals surface area (Å²) in [6.07, 6.45) is -1.73. The molecule has 1 fully saturated rings. The lowest BCUT2D eigenvalue weighted by Crippen LogP contribution is -2.43. The van der Waals surface area contributed by atoms with Crippen LogP contribution in [0.25, 0.3) is 0 Å². The summed E-state index contributed by atoms with van der Waals surface area (Å²) >= 11 is 0. The normalized spacial score (nSPS) is 19.7. The minimum absolute atomic E-state index is 0.145. The number of halogens is 3. The Labute approximate surface area is 115 Å². The van der Waals surface area contributed by atoms with E-state index in [1.54, 1.807) is 0 Å². The van der Waals surface area contributed by atoms with Crippen molar-refractivity contribution in [2.45, 2.75) is 38.4 Å². The summed E-state index contributed by atoms with van der Waals surface area (Å²) in [4.78, 5) is 12.0. The summed E-state index contributed by atoms with van der Waals surface area (Å²) in [7, 11) is 0. The number of benzene rings is 1. The van der Waals surface area contributed by atoms with E-state index >= 15 is 0 Å². The number of rotatable bonds is 2. The van der Waals surface area contributed by atoms with Crippen molar-refractivity contribution in [2.75, 3.05) is 11.9 Å². The molecule has 0 saturated carbocycles. The van der Waals surface area contributed by atoms with Crippen molar-refractivity contribution in [3.8, 4) is 0 Å². The van der Waals surface area contributed by atoms with Crippen molar-refractivity contribution in [3.63, 3.8) is 0 Å². The smallest absolute Gasteiger partial charge is 0.325 e. The highest BCUT2D eigenvalue weighted by Gasteiger charge is 2.32. The average molecular weight is 286 g/mol. The highest BCUT2D eigenvalue weighted by atomic mass is 19.4. The highest BCUT2D eigenvalue weighted by molar-refractivity contribution is 5.95.